The molecule has 1 amide bonds. The Morgan fingerprint density at radius 1 is 1.10 bits per heavy atom. The number of amides is 1. The zero-order valence-corrected chi connectivity index (χ0v) is 12.5. The van der Waals surface area contributed by atoms with Gasteiger partial charge in [-0.25, -0.2) is 0 Å². The van der Waals surface area contributed by atoms with Crippen LogP contribution >= 0.6 is 23.2 Å². The highest BCUT2D eigenvalue weighted by Crippen LogP contribution is 2.34. The zero-order chi connectivity index (χ0) is 14.9. The van der Waals surface area contributed by atoms with E-state index in [9.17, 15) is 9.90 Å². The van der Waals surface area contributed by atoms with Gasteiger partial charge in [0, 0.05) is 11.3 Å². The summed E-state index contributed by atoms with van der Waals surface area (Å²) in [6, 6.07) is 8.47. The molecule has 2 rings (SSSR count). The third kappa shape index (κ3) is 3.06. The van der Waals surface area contributed by atoms with E-state index < -0.39 is 0 Å². The van der Waals surface area contributed by atoms with Gasteiger partial charge < -0.3 is 10.4 Å². The van der Waals surface area contributed by atoms with Gasteiger partial charge in [0.2, 0.25) is 0 Å². The summed E-state index contributed by atoms with van der Waals surface area (Å²) in [4.78, 5) is 12.2. The molecule has 0 saturated heterocycles. The molecule has 5 heteroatoms. The number of benzene rings is 2. The maximum atomic E-state index is 12.2. The van der Waals surface area contributed by atoms with Crippen LogP contribution in [-0.2, 0) is 0 Å². The van der Waals surface area contributed by atoms with Crippen molar-refractivity contribution in [2.75, 3.05) is 5.32 Å². The molecule has 104 valence electrons. The van der Waals surface area contributed by atoms with Gasteiger partial charge in [-0.05, 0) is 37.6 Å². The quantitative estimate of drug-likeness (QED) is 0.798. The Kier molecular flexibility index (Phi) is 4.21. The van der Waals surface area contributed by atoms with Crippen LogP contribution in [0.2, 0.25) is 10.0 Å². The van der Waals surface area contributed by atoms with Gasteiger partial charge >= 0.3 is 0 Å². The number of anilines is 1. The lowest BCUT2D eigenvalue weighted by Crippen LogP contribution is -2.13. The molecule has 0 spiro atoms. The number of aryl methyl sites for hydroxylation is 2. The Morgan fingerprint density at radius 2 is 1.70 bits per heavy atom. The first-order valence-corrected chi connectivity index (χ1v) is 6.70. The van der Waals surface area contributed by atoms with Crippen molar-refractivity contribution in [3.05, 3.63) is 57.1 Å². The molecule has 0 heterocycles. The fraction of sp³-hybridized carbons (Fsp3) is 0.133. The number of hydrogen-bond acceptors (Lipinski definition) is 2. The second kappa shape index (κ2) is 5.73. The van der Waals surface area contributed by atoms with E-state index in [1.807, 2.05) is 26.0 Å². The molecule has 0 saturated carbocycles. The molecule has 2 aromatic carbocycles. The monoisotopic (exact) mass is 309 g/mol. The molecule has 0 aliphatic carbocycles. The smallest absolute Gasteiger partial charge is 0.255 e. The average Bonchev–Trinajstić information content (AvgIpc) is 2.35. The van der Waals surface area contributed by atoms with E-state index in [-0.39, 0.29) is 21.7 Å². The minimum absolute atomic E-state index is 0.0911. The van der Waals surface area contributed by atoms with Crippen LogP contribution < -0.4 is 5.32 Å². The van der Waals surface area contributed by atoms with Crippen LogP contribution in [0.1, 0.15) is 21.5 Å². The topological polar surface area (TPSA) is 49.3 Å². The number of hydrogen-bond donors (Lipinski definition) is 2. The van der Waals surface area contributed by atoms with Gasteiger partial charge in [-0.15, -0.1) is 0 Å². The Morgan fingerprint density at radius 3 is 2.25 bits per heavy atom. The van der Waals surface area contributed by atoms with Crippen molar-refractivity contribution < 1.29 is 9.90 Å². The Hall–Kier alpha value is -1.71. The maximum absolute atomic E-state index is 12.2. The summed E-state index contributed by atoms with van der Waals surface area (Å²) in [5.74, 6) is -0.446. The van der Waals surface area contributed by atoms with Gasteiger partial charge in [0.15, 0.2) is 5.75 Å². The lowest BCUT2D eigenvalue weighted by molar-refractivity contribution is 0.102. The van der Waals surface area contributed by atoms with Crippen LogP contribution in [0, 0.1) is 13.8 Å². The highest BCUT2D eigenvalue weighted by Gasteiger charge is 2.12. The molecule has 0 aliphatic rings. The lowest BCUT2D eigenvalue weighted by atomic mass is 10.1. The first-order chi connectivity index (χ1) is 9.38. The van der Waals surface area contributed by atoms with E-state index in [1.165, 1.54) is 12.1 Å². The predicted octanol–water partition coefficient (Wildman–Crippen LogP) is 4.57. The van der Waals surface area contributed by atoms with Gasteiger partial charge in [-0.2, -0.15) is 0 Å². The summed E-state index contributed by atoms with van der Waals surface area (Å²) in [5, 5.41) is 12.4. The van der Waals surface area contributed by atoms with Crippen molar-refractivity contribution in [2.24, 2.45) is 0 Å². The molecule has 3 nitrogen and oxygen atoms in total. The average molecular weight is 310 g/mol. The van der Waals surface area contributed by atoms with E-state index in [2.05, 4.69) is 5.32 Å². The van der Waals surface area contributed by atoms with Crippen LogP contribution in [0.4, 0.5) is 5.69 Å². The highest BCUT2D eigenvalue weighted by atomic mass is 35.5. The second-order valence-electron chi connectivity index (χ2n) is 4.56. The van der Waals surface area contributed by atoms with Crippen LogP contribution in [0.3, 0.4) is 0 Å². The molecule has 0 aliphatic heterocycles. The van der Waals surface area contributed by atoms with E-state index >= 15 is 0 Å². The number of halogens is 2. The lowest BCUT2D eigenvalue weighted by Gasteiger charge is -2.10. The summed E-state index contributed by atoms with van der Waals surface area (Å²) in [5.41, 5.74) is 2.99. The third-order valence-corrected chi connectivity index (χ3v) is 3.48. The fourth-order valence-corrected chi connectivity index (χ4v) is 2.39. The predicted molar refractivity (Wildman–Crippen MR) is 82.0 cm³/mol. The highest BCUT2D eigenvalue weighted by molar-refractivity contribution is 6.37. The van der Waals surface area contributed by atoms with E-state index in [1.54, 1.807) is 6.07 Å². The summed E-state index contributed by atoms with van der Waals surface area (Å²) in [6.07, 6.45) is 0. The number of carbonyl (C=O) groups excluding carboxylic acids is 1. The third-order valence-electron chi connectivity index (χ3n) is 2.90. The molecule has 0 bridgehead atoms. The van der Waals surface area contributed by atoms with Gasteiger partial charge in [0.05, 0.1) is 10.0 Å². The molecular weight excluding hydrogens is 297 g/mol. The first kappa shape index (κ1) is 14.7. The largest absolute Gasteiger partial charge is 0.505 e. The van der Waals surface area contributed by atoms with Crippen molar-refractivity contribution in [3.8, 4) is 5.75 Å². The van der Waals surface area contributed by atoms with Crippen molar-refractivity contribution in [3.63, 3.8) is 0 Å². The first-order valence-electron chi connectivity index (χ1n) is 5.95. The van der Waals surface area contributed by atoms with Gasteiger partial charge in [-0.3, -0.25) is 4.79 Å². The fourth-order valence-electron chi connectivity index (χ4n) is 1.90. The normalized spacial score (nSPS) is 10.4. The number of rotatable bonds is 2. The van der Waals surface area contributed by atoms with Crippen molar-refractivity contribution in [1.82, 2.24) is 0 Å². The maximum Gasteiger partial charge on any atom is 0.255 e. The summed E-state index contributed by atoms with van der Waals surface area (Å²) < 4.78 is 0. The van der Waals surface area contributed by atoms with Crippen LogP contribution in [0.5, 0.6) is 5.75 Å². The van der Waals surface area contributed by atoms with Crippen LogP contribution in [0.15, 0.2) is 30.3 Å². The van der Waals surface area contributed by atoms with Gasteiger partial charge in [-0.1, -0.05) is 40.9 Å². The van der Waals surface area contributed by atoms with Gasteiger partial charge in [0.1, 0.15) is 0 Å². The minimum Gasteiger partial charge on any atom is -0.505 e. The van der Waals surface area contributed by atoms with Crippen LogP contribution in [-0.4, -0.2) is 11.0 Å². The Labute approximate surface area is 127 Å². The molecule has 2 aromatic rings. The second-order valence-corrected chi connectivity index (χ2v) is 5.38. The Bertz CT molecular complexity index is 661. The van der Waals surface area contributed by atoms with E-state index in [0.717, 1.165) is 11.1 Å². The molecule has 0 atom stereocenters. The molecule has 0 fully saturated rings. The van der Waals surface area contributed by atoms with Crippen molar-refractivity contribution >= 4 is 34.8 Å². The van der Waals surface area contributed by atoms with Gasteiger partial charge in [0.25, 0.3) is 5.91 Å². The molecule has 0 aromatic heterocycles. The number of phenolic OH excluding ortho intramolecular Hbond substituents is 1. The molecule has 2 N–H and O–H groups in total. The Balaban J connectivity index is 2.28. The van der Waals surface area contributed by atoms with Crippen molar-refractivity contribution in [1.29, 1.82) is 0 Å². The molecule has 0 unspecified atom stereocenters. The van der Waals surface area contributed by atoms with E-state index in [0.29, 0.717) is 11.3 Å². The van der Waals surface area contributed by atoms with Crippen LogP contribution in [0.25, 0.3) is 0 Å². The standard InChI is InChI=1S/C15H13Cl2NO2/c1-8-3-4-11(9(2)5-8)15(20)18-10-6-12(16)14(19)13(17)7-10/h3-7,19H,1-2H3,(H,18,20). The zero-order valence-electron chi connectivity index (χ0n) is 11.0. The summed E-state index contributed by atoms with van der Waals surface area (Å²) in [7, 11) is 0. The number of phenols is 1. The minimum atomic E-state index is -0.250. The van der Waals surface area contributed by atoms with E-state index in [4.69, 9.17) is 23.2 Å². The molecular formula is C15H13Cl2NO2. The molecule has 20 heavy (non-hydrogen) atoms. The number of aromatic hydroxyl groups is 1. The SMILES string of the molecule is Cc1ccc(C(=O)Nc2cc(Cl)c(O)c(Cl)c2)c(C)c1. The number of nitrogens with one attached hydrogen (secondary N) is 1. The van der Waals surface area contributed by atoms with Crippen molar-refractivity contribution in [2.45, 2.75) is 13.8 Å². The summed E-state index contributed by atoms with van der Waals surface area (Å²) in [6.45, 7) is 3.84. The molecule has 0 radical (unpaired) electrons. The summed E-state index contributed by atoms with van der Waals surface area (Å²) >= 11 is 11.6. The number of carbonyl (C=O) groups is 1.